The van der Waals surface area contributed by atoms with Crippen LogP contribution in [0.25, 0.3) is 5.52 Å². The van der Waals surface area contributed by atoms with Crippen molar-refractivity contribution in [3.05, 3.63) is 34.9 Å². The van der Waals surface area contributed by atoms with E-state index in [1.807, 2.05) is 12.1 Å². The maximum atomic E-state index is 6.19. The van der Waals surface area contributed by atoms with Crippen molar-refractivity contribution < 1.29 is 0 Å². The third kappa shape index (κ3) is 1.94. The summed E-state index contributed by atoms with van der Waals surface area (Å²) in [5.74, 6) is 1.79. The Labute approximate surface area is 106 Å². The predicted octanol–water partition coefficient (Wildman–Crippen LogP) is 2.45. The van der Waals surface area contributed by atoms with Gasteiger partial charge in [-0.2, -0.15) is 0 Å². The lowest BCUT2D eigenvalue weighted by molar-refractivity contribution is 0.559. The molecular formula is C13H16ClN3. The topological polar surface area (TPSA) is 29.3 Å². The third-order valence-corrected chi connectivity index (χ3v) is 3.79. The van der Waals surface area contributed by atoms with Crippen molar-refractivity contribution in [2.75, 3.05) is 13.1 Å². The quantitative estimate of drug-likeness (QED) is 0.886. The normalized spacial score (nSPS) is 20.2. The first kappa shape index (κ1) is 11.1. The molecule has 1 unspecified atom stereocenters. The van der Waals surface area contributed by atoms with Gasteiger partial charge in [-0.25, -0.2) is 4.98 Å². The number of imidazole rings is 1. The highest BCUT2D eigenvalue weighted by Crippen LogP contribution is 2.23. The highest BCUT2D eigenvalue weighted by atomic mass is 35.5. The monoisotopic (exact) mass is 249 g/mol. The lowest BCUT2D eigenvalue weighted by Gasteiger charge is -2.08. The molecule has 3 nitrogen and oxygen atoms in total. The minimum atomic E-state index is 0.620. The molecule has 0 spiro atoms. The number of aryl methyl sites for hydroxylation is 1. The number of nitrogens with one attached hydrogen (secondary N) is 1. The average Bonchev–Trinajstić information content (AvgIpc) is 2.90. The second-order valence-electron chi connectivity index (χ2n) is 4.77. The van der Waals surface area contributed by atoms with Gasteiger partial charge in [0.25, 0.3) is 0 Å². The van der Waals surface area contributed by atoms with Crippen LogP contribution < -0.4 is 5.32 Å². The Bertz CT molecular complexity index is 541. The van der Waals surface area contributed by atoms with E-state index >= 15 is 0 Å². The molecular weight excluding hydrogens is 234 g/mol. The van der Waals surface area contributed by atoms with Crippen molar-refractivity contribution in [2.24, 2.45) is 5.92 Å². The molecule has 17 heavy (non-hydrogen) atoms. The van der Waals surface area contributed by atoms with Crippen LogP contribution in [0.5, 0.6) is 0 Å². The number of rotatable bonds is 2. The number of hydrogen-bond donors (Lipinski definition) is 1. The summed E-state index contributed by atoms with van der Waals surface area (Å²) in [4.78, 5) is 4.51. The average molecular weight is 250 g/mol. The number of halogens is 1. The standard InChI is InChI=1S/C13H16ClN3/c1-9-3-2-4-11-13(14)16-12(17(9)11)7-10-5-6-15-8-10/h2-4,10,15H,5-8H2,1H3. The van der Waals surface area contributed by atoms with Crippen molar-refractivity contribution in [3.63, 3.8) is 0 Å². The fraction of sp³-hybridized carbons (Fsp3) is 0.462. The molecule has 0 aromatic carbocycles. The van der Waals surface area contributed by atoms with Crippen LogP contribution in [0.3, 0.4) is 0 Å². The van der Waals surface area contributed by atoms with Crippen LogP contribution in [0.15, 0.2) is 18.2 Å². The molecule has 0 radical (unpaired) electrons. The Hall–Kier alpha value is -1.06. The summed E-state index contributed by atoms with van der Waals surface area (Å²) >= 11 is 6.19. The first-order valence-electron chi connectivity index (χ1n) is 6.09. The Morgan fingerprint density at radius 2 is 2.41 bits per heavy atom. The number of fused-ring (bicyclic) bond motifs is 1. The summed E-state index contributed by atoms with van der Waals surface area (Å²) < 4.78 is 2.18. The molecule has 2 aromatic rings. The van der Waals surface area contributed by atoms with Gasteiger partial charge in [0.1, 0.15) is 5.82 Å². The van der Waals surface area contributed by atoms with Gasteiger partial charge in [0.15, 0.2) is 5.15 Å². The lowest BCUT2D eigenvalue weighted by atomic mass is 10.0. The molecule has 3 heterocycles. The second-order valence-corrected chi connectivity index (χ2v) is 5.13. The Balaban J connectivity index is 2.03. The van der Waals surface area contributed by atoms with E-state index in [1.165, 1.54) is 12.1 Å². The van der Waals surface area contributed by atoms with Crippen LogP contribution in [0.4, 0.5) is 0 Å². The number of nitrogens with zero attached hydrogens (tertiary/aromatic N) is 2. The first-order chi connectivity index (χ1) is 8.25. The maximum absolute atomic E-state index is 6.19. The van der Waals surface area contributed by atoms with Crippen molar-refractivity contribution >= 4 is 17.1 Å². The Morgan fingerprint density at radius 3 is 3.18 bits per heavy atom. The molecule has 3 rings (SSSR count). The zero-order valence-electron chi connectivity index (χ0n) is 9.91. The van der Waals surface area contributed by atoms with E-state index in [0.29, 0.717) is 11.1 Å². The Morgan fingerprint density at radius 1 is 1.53 bits per heavy atom. The first-order valence-corrected chi connectivity index (χ1v) is 6.46. The van der Waals surface area contributed by atoms with Gasteiger partial charge in [-0.05, 0) is 44.5 Å². The highest BCUT2D eigenvalue weighted by Gasteiger charge is 2.19. The zero-order valence-corrected chi connectivity index (χ0v) is 10.7. The van der Waals surface area contributed by atoms with Crippen molar-refractivity contribution in [1.29, 1.82) is 0 Å². The summed E-state index contributed by atoms with van der Waals surface area (Å²) in [6, 6.07) is 6.15. The smallest absolute Gasteiger partial charge is 0.155 e. The third-order valence-electron chi connectivity index (χ3n) is 3.52. The molecule has 0 amide bonds. The maximum Gasteiger partial charge on any atom is 0.155 e. The molecule has 4 heteroatoms. The molecule has 1 N–H and O–H groups in total. The fourth-order valence-electron chi connectivity index (χ4n) is 2.63. The lowest BCUT2D eigenvalue weighted by Crippen LogP contribution is -2.12. The summed E-state index contributed by atoms with van der Waals surface area (Å²) in [7, 11) is 0. The molecule has 1 saturated heterocycles. The SMILES string of the molecule is Cc1cccc2c(Cl)nc(CC3CCNC3)n12. The summed E-state index contributed by atoms with van der Waals surface area (Å²) in [5.41, 5.74) is 2.22. The molecule has 1 atom stereocenters. The number of pyridine rings is 1. The molecule has 2 aromatic heterocycles. The van der Waals surface area contributed by atoms with Gasteiger partial charge >= 0.3 is 0 Å². The molecule has 1 fully saturated rings. The summed E-state index contributed by atoms with van der Waals surface area (Å²) in [6.07, 6.45) is 2.24. The van der Waals surface area contributed by atoms with E-state index in [4.69, 9.17) is 11.6 Å². The van der Waals surface area contributed by atoms with Crippen LogP contribution in [0.2, 0.25) is 5.15 Å². The zero-order chi connectivity index (χ0) is 11.8. The largest absolute Gasteiger partial charge is 0.316 e. The van der Waals surface area contributed by atoms with Crippen molar-refractivity contribution in [1.82, 2.24) is 14.7 Å². The van der Waals surface area contributed by atoms with Crippen LogP contribution in [0.1, 0.15) is 17.9 Å². The van der Waals surface area contributed by atoms with Gasteiger partial charge < -0.3 is 5.32 Å². The van der Waals surface area contributed by atoms with Gasteiger partial charge in [-0.3, -0.25) is 4.40 Å². The van der Waals surface area contributed by atoms with E-state index in [-0.39, 0.29) is 0 Å². The molecule has 0 aliphatic carbocycles. The van der Waals surface area contributed by atoms with Gasteiger partial charge in [-0.15, -0.1) is 0 Å². The molecule has 0 saturated carbocycles. The van der Waals surface area contributed by atoms with E-state index in [0.717, 1.165) is 30.9 Å². The number of hydrogen-bond acceptors (Lipinski definition) is 2. The predicted molar refractivity (Wildman–Crippen MR) is 69.6 cm³/mol. The molecule has 1 aliphatic rings. The minimum Gasteiger partial charge on any atom is -0.316 e. The minimum absolute atomic E-state index is 0.620. The number of aromatic nitrogens is 2. The van der Waals surface area contributed by atoms with Gasteiger partial charge in [-0.1, -0.05) is 17.7 Å². The summed E-state index contributed by atoms with van der Waals surface area (Å²) in [5, 5.41) is 4.01. The van der Waals surface area contributed by atoms with Crippen molar-refractivity contribution in [2.45, 2.75) is 19.8 Å². The van der Waals surface area contributed by atoms with Crippen LogP contribution in [-0.2, 0) is 6.42 Å². The van der Waals surface area contributed by atoms with Gasteiger partial charge in [0.05, 0.1) is 5.52 Å². The van der Waals surface area contributed by atoms with Gasteiger partial charge in [0, 0.05) is 12.1 Å². The van der Waals surface area contributed by atoms with Crippen LogP contribution in [0, 0.1) is 12.8 Å². The van der Waals surface area contributed by atoms with Crippen LogP contribution >= 0.6 is 11.6 Å². The van der Waals surface area contributed by atoms with E-state index in [9.17, 15) is 0 Å². The fourth-order valence-corrected chi connectivity index (χ4v) is 2.87. The van der Waals surface area contributed by atoms with Crippen molar-refractivity contribution in [3.8, 4) is 0 Å². The summed E-state index contributed by atoms with van der Waals surface area (Å²) in [6.45, 7) is 4.32. The van der Waals surface area contributed by atoms with E-state index in [2.05, 4.69) is 27.7 Å². The van der Waals surface area contributed by atoms with Gasteiger partial charge in [0.2, 0.25) is 0 Å². The second kappa shape index (κ2) is 4.31. The van der Waals surface area contributed by atoms with E-state index in [1.54, 1.807) is 0 Å². The molecule has 90 valence electrons. The Kier molecular flexibility index (Phi) is 2.81. The molecule has 0 bridgehead atoms. The molecule has 1 aliphatic heterocycles. The highest BCUT2D eigenvalue weighted by molar-refractivity contribution is 6.32. The van der Waals surface area contributed by atoms with Crippen LogP contribution in [-0.4, -0.2) is 22.5 Å². The van der Waals surface area contributed by atoms with E-state index < -0.39 is 0 Å².